The predicted molar refractivity (Wildman–Crippen MR) is 246 cm³/mol. The summed E-state index contributed by atoms with van der Waals surface area (Å²) in [5, 5.41) is 4.88. The molecule has 0 saturated carbocycles. The van der Waals surface area contributed by atoms with Crippen LogP contribution in [0.15, 0.2) is 188 Å². The largest absolute Gasteiger partial charge is 0.456 e. The van der Waals surface area contributed by atoms with Crippen LogP contribution in [0, 0.1) is 0 Å². The molecule has 1 aliphatic heterocycles. The van der Waals surface area contributed by atoms with Crippen LogP contribution in [0.2, 0.25) is 0 Å². The first-order valence-corrected chi connectivity index (χ1v) is 21.3. The molecule has 0 amide bonds. The molecular formula is C56H37NOS. The van der Waals surface area contributed by atoms with Crippen LogP contribution >= 0.6 is 11.3 Å². The first-order chi connectivity index (χ1) is 29.0. The Morgan fingerprint density at radius 2 is 1.05 bits per heavy atom. The van der Waals surface area contributed by atoms with Crippen molar-refractivity contribution in [3.8, 4) is 33.8 Å². The van der Waals surface area contributed by atoms with Crippen LogP contribution in [0.1, 0.15) is 47.2 Å². The van der Waals surface area contributed by atoms with Gasteiger partial charge in [-0.1, -0.05) is 159 Å². The van der Waals surface area contributed by atoms with Crippen molar-refractivity contribution in [1.82, 2.24) is 0 Å². The summed E-state index contributed by atoms with van der Waals surface area (Å²) in [6.45, 7) is 4.75. The summed E-state index contributed by atoms with van der Waals surface area (Å²) in [5.74, 6) is 1.83. The van der Waals surface area contributed by atoms with E-state index in [2.05, 4.69) is 207 Å². The van der Waals surface area contributed by atoms with E-state index in [1.807, 2.05) is 11.3 Å². The normalized spacial score (nSPS) is 16.3. The van der Waals surface area contributed by atoms with E-state index < -0.39 is 5.41 Å². The molecule has 3 heteroatoms. The van der Waals surface area contributed by atoms with Gasteiger partial charge in [-0.05, 0) is 92.4 Å². The van der Waals surface area contributed by atoms with Gasteiger partial charge in [-0.25, -0.2) is 0 Å². The zero-order chi connectivity index (χ0) is 39.0. The number of para-hydroxylation sites is 1. The van der Waals surface area contributed by atoms with Crippen LogP contribution in [0.25, 0.3) is 53.2 Å². The monoisotopic (exact) mass is 771 g/mol. The van der Waals surface area contributed by atoms with Crippen molar-refractivity contribution >= 4 is 59.3 Å². The van der Waals surface area contributed by atoms with Gasteiger partial charge < -0.3 is 9.64 Å². The van der Waals surface area contributed by atoms with E-state index in [0.29, 0.717) is 0 Å². The first-order valence-electron chi connectivity index (χ1n) is 20.5. The minimum atomic E-state index is -0.604. The van der Waals surface area contributed by atoms with Crippen molar-refractivity contribution in [1.29, 1.82) is 0 Å². The highest BCUT2D eigenvalue weighted by molar-refractivity contribution is 7.26. The second-order valence-corrected chi connectivity index (χ2v) is 17.8. The molecule has 2 aliphatic carbocycles. The summed E-state index contributed by atoms with van der Waals surface area (Å²) < 4.78 is 9.56. The molecule has 9 aromatic carbocycles. The molecule has 1 spiro atoms. The molecule has 2 nitrogen and oxygen atoms in total. The summed E-state index contributed by atoms with van der Waals surface area (Å²) in [6.07, 6.45) is 0. The fraction of sp³-hybridized carbons (Fsp3) is 0.0714. The Bertz CT molecular complexity index is 3430. The van der Waals surface area contributed by atoms with Gasteiger partial charge >= 0.3 is 0 Å². The minimum Gasteiger partial charge on any atom is -0.456 e. The van der Waals surface area contributed by atoms with Crippen LogP contribution in [-0.2, 0) is 10.8 Å². The number of rotatable bonds is 3. The zero-order valence-electron chi connectivity index (χ0n) is 32.7. The van der Waals surface area contributed by atoms with Gasteiger partial charge in [0.2, 0.25) is 0 Å². The lowest BCUT2D eigenvalue weighted by molar-refractivity contribution is 0.441. The van der Waals surface area contributed by atoms with E-state index in [1.165, 1.54) is 86.9 Å². The number of nitrogens with zero attached hydrogens (tertiary/aromatic N) is 1. The third-order valence-corrected chi connectivity index (χ3v) is 14.7. The standard InChI is InChI=1S/C56H37NOS/c1-55(2)44-20-8-5-16-38(44)40-29-27-35(32-48(40)55)57(50-23-13-19-43-42-18-7-12-25-52(42)59-54(43)50)36-28-30-41-39-17-6-9-21-45(39)56(49(41)33-36)46-22-10-11-24-51(46)58-53-37-15-4-3-14-34(37)26-31-47(53)56/h3-33H,1-2H3. The van der Waals surface area contributed by atoms with Crippen molar-refractivity contribution < 1.29 is 4.74 Å². The summed E-state index contributed by atoms with van der Waals surface area (Å²) in [4.78, 5) is 2.53. The van der Waals surface area contributed by atoms with Crippen molar-refractivity contribution in [2.45, 2.75) is 24.7 Å². The average molecular weight is 772 g/mol. The maximum absolute atomic E-state index is 6.98. The SMILES string of the molecule is CC1(C)c2ccccc2-c2ccc(N(c3ccc4c(c3)C3(c5ccccc5Oc5c3ccc3ccccc53)c3ccccc3-4)c3cccc4c3sc3ccccc34)cc21. The first kappa shape index (κ1) is 33.1. The van der Waals surface area contributed by atoms with Crippen molar-refractivity contribution in [2.24, 2.45) is 0 Å². The van der Waals surface area contributed by atoms with Crippen molar-refractivity contribution in [3.63, 3.8) is 0 Å². The number of ether oxygens (including phenoxy) is 1. The van der Waals surface area contributed by atoms with Gasteiger partial charge in [-0.3, -0.25) is 0 Å². The fourth-order valence-corrected chi connectivity index (χ4v) is 12.1. The summed E-state index contributed by atoms with van der Waals surface area (Å²) in [5.41, 5.74) is 15.5. The Balaban J connectivity index is 1.12. The highest BCUT2D eigenvalue weighted by Gasteiger charge is 2.51. The second-order valence-electron chi connectivity index (χ2n) is 16.8. The molecule has 3 aliphatic rings. The lowest BCUT2D eigenvalue weighted by Gasteiger charge is -2.40. The van der Waals surface area contributed by atoms with Crippen LogP contribution in [0.3, 0.4) is 0 Å². The minimum absolute atomic E-state index is 0.140. The number of hydrogen-bond acceptors (Lipinski definition) is 3. The molecule has 13 rings (SSSR count). The number of hydrogen-bond donors (Lipinski definition) is 0. The molecule has 2 heterocycles. The summed E-state index contributed by atoms with van der Waals surface area (Å²) >= 11 is 1.88. The van der Waals surface area contributed by atoms with Gasteiger partial charge in [0.1, 0.15) is 11.5 Å². The van der Waals surface area contributed by atoms with Gasteiger partial charge in [-0.15, -0.1) is 11.3 Å². The Hall–Kier alpha value is -6.94. The zero-order valence-corrected chi connectivity index (χ0v) is 33.5. The van der Waals surface area contributed by atoms with E-state index in [9.17, 15) is 0 Å². The third kappa shape index (κ3) is 4.30. The molecule has 0 N–H and O–H groups in total. The van der Waals surface area contributed by atoms with Crippen LogP contribution in [0.5, 0.6) is 11.5 Å². The Kier molecular flexibility index (Phi) is 6.62. The van der Waals surface area contributed by atoms with E-state index in [0.717, 1.165) is 28.3 Å². The number of anilines is 3. The average Bonchev–Trinajstić information content (AvgIpc) is 3.88. The number of benzene rings is 9. The lowest BCUT2D eigenvalue weighted by Crippen LogP contribution is -2.32. The Morgan fingerprint density at radius 3 is 1.88 bits per heavy atom. The molecule has 10 aromatic rings. The lowest BCUT2D eigenvalue weighted by atomic mass is 9.65. The number of thiophene rings is 1. The molecular weight excluding hydrogens is 735 g/mol. The van der Waals surface area contributed by atoms with Crippen LogP contribution in [0.4, 0.5) is 17.1 Å². The topological polar surface area (TPSA) is 12.5 Å². The Morgan fingerprint density at radius 1 is 0.441 bits per heavy atom. The van der Waals surface area contributed by atoms with Crippen molar-refractivity contribution in [2.75, 3.05) is 4.90 Å². The van der Waals surface area contributed by atoms with E-state index in [1.54, 1.807) is 0 Å². The molecule has 278 valence electrons. The molecule has 0 radical (unpaired) electrons. The van der Waals surface area contributed by atoms with Crippen LogP contribution in [-0.4, -0.2) is 0 Å². The van der Waals surface area contributed by atoms with E-state index >= 15 is 0 Å². The van der Waals surface area contributed by atoms with Gasteiger partial charge in [0.15, 0.2) is 0 Å². The second kappa shape index (κ2) is 11.8. The molecule has 1 atom stereocenters. The van der Waals surface area contributed by atoms with E-state index in [-0.39, 0.29) is 5.41 Å². The highest BCUT2D eigenvalue weighted by atomic mass is 32.1. The van der Waals surface area contributed by atoms with Crippen molar-refractivity contribution in [3.05, 3.63) is 221 Å². The molecule has 1 unspecified atom stereocenters. The van der Waals surface area contributed by atoms with Gasteiger partial charge in [0.05, 0.1) is 15.8 Å². The molecule has 59 heavy (non-hydrogen) atoms. The smallest absolute Gasteiger partial charge is 0.140 e. The maximum atomic E-state index is 6.98. The maximum Gasteiger partial charge on any atom is 0.140 e. The quantitative estimate of drug-likeness (QED) is 0.177. The van der Waals surface area contributed by atoms with Gasteiger partial charge in [0.25, 0.3) is 0 Å². The molecule has 0 bridgehead atoms. The predicted octanol–water partition coefficient (Wildman–Crippen LogP) is 15.5. The fourth-order valence-electron chi connectivity index (χ4n) is 10.9. The van der Waals surface area contributed by atoms with Gasteiger partial charge in [0, 0.05) is 48.8 Å². The van der Waals surface area contributed by atoms with Crippen LogP contribution < -0.4 is 9.64 Å². The highest BCUT2D eigenvalue weighted by Crippen LogP contribution is 2.64. The molecule has 0 saturated heterocycles. The summed E-state index contributed by atoms with van der Waals surface area (Å²) in [6, 6.07) is 69.9. The molecule has 1 aromatic heterocycles. The molecule has 0 fully saturated rings. The van der Waals surface area contributed by atoms with E-state index in [4.69, 9.17) is 4.74 Å². The third-order valence-electron chi connectivity index (χ3n) is 13.5. The number of fused-ring (bicyclic) bond motifs is 17. The Labute approximate surface area is 347 Å². The van der Waals surface area contributed by atoms with Gasteiger partial charge in [-0.2, -0.15) is 0 Å². The summed E-state index contributed by atoms with van der Waals surface area (Å²) in [7, 11) is 0.